The summed E-state index contributed by atoms with van der Waals surface area (Å²) in [4.78, 5) is 27.0. The van der Waals surface area contributed by atoms with Gasteiger partial charge in [0.2, 0.25) is 0 Å². The van der Waals surface area contributed by atoms with E-state index in [1.54, 1.807) is 30.3 Å². The van der Waals surface area contributed by atoms with E-state index in [1.165, 1.54) is 0 Å². The fraction of sp³-hybridized carbons (Fsp3) is 0.333. The lowest BCUT2D eigenvalue weighted by Crippen LogP contribution is -2.27. The number of phenolic OH excluding ortho intramolecular Hbond substituents is 1. The molecule has 0 spiro atoms. The van der Waals surface area contributed by atoms with Crippen LogP contribution in [0.15, 0.2) is 41.3 Å². The quantitative estimate of drug-likeness (QED) is 0.514. The van der Waals surface area contributed by atoms with Crippen LogP contribution in [-0.4, -0.2) is 16.3 Å². The van der Waals surface area contributed by atoms with Gasteiger partial charge in [0.15, 0.2) is 0 Å². The SMILES string of the molecule is CC(C)(C)c1cc(/C=C2/SC(=O)N(c3cccc(Cl)c3)C2=O)cc(C(C)(C)C)c1O. The zero-order valence-electron chi connectivity index (χ0n) is 18.0. The Morgan fingerprint density at radius 2 is 1.53 bits per heavy atom. The van der Waals surface area contributed by atoms with E-state index in [9.17, 15) is 14.7 Å². The van der Waals surface area contributed by atoms with E-state index in [0.717, 1.165) is 33.4 Å². The highest BCUT2D eigenvalue weighted by Gasteiger charge is 2.36. The molecule has 0 radical (unpaired) electrons. The predicted octanol–water partition coefficient (Wildman–Crippen LogP) is 6.88. The topological polar surface area (TPSA) is 57.6 Å². The zero-order chi connectivity index (χ0) is 22.4. The number of aromatic hydroxyl groups is 1. The number of anilines is 1. The molecule has 0 saturated carbocycles. The maximum Gasteiger partial charge on any atom is 0.298 e. The van der Waals surface area contributed by atoms with Crippen molar-refractivity contribution in [2.45, 2.75) is 52.4 Å². The van der Waals surface area contributed by atoms with Crippen molar-refractivity contribution in [1.29, 1.82) is 0 Å². The number of amides is 2. The summed E-state index contributed by atoms with van der Waals surface area (Å²) in [5.41, 5.74) is 2.26. The summed E-state index contributed by atoms with van der Waals surface area (Å²) in [7, 11) is 0. The normalized spacial score (nSPS) is 16.6. The number of hydrogen-bond acceptors (Lipinski definition) is 4. The van der Waals surface area contributed by atoms with E-state index in [0.29, 0.717) is 15.6 Å². The summed E-state index contributed by atoms with van der Waals surface area (Å²) in [6, 6.07) is 10.4. The molecule has 2 aromatic rings. The van der Waals surface area contributed by atoms with Gasteiger partial charge in [-0.3, -0.25) is 9.59 Å². The van der Waals surface area contributed by atoms with Gasteiger partial charge in [-0.2, -0.15) is 0 Å². The first-order valence-electron chi connectivity index (χ1n) is 9.70. The van der Waals surface area contributed by atoms with Crippen LogP contribution >= 0.6 is 23.4 Å². The third-order valence-corrected chi connectivity index (χ3v) is 6.01. The molecule has 0 aliphatic carbocycles. The maximum absolute atomic E-state index is 13.0. The molecular weight excluding hydrogens is 418 g/mol. The minimum atomic E-state index is -0.380. The number of nitrogens with zero attached hydrogens (tertiary/aromatic N) is 1. The van der Waals surface area contributed by atoms with Gasteiger partial charge >= 0.3 is 0 Å². The lowest BCUT2D eigenvalue weighted by Gasteiger charge is -2.28. The Morgan fingerprint density at radius 1 is 0.967 bits per heavy atom. The second kappa shape index (κ2) is 7.78. The van der Waals surface area contributed by atoms with Gasteiger partial charge in [0, 0.05) is 16.1 Å². The van der Waals surface area contributed by atoms with Gasteiger partial charge in [-0.15, -0.1) is 0 Å². The number of rotatable bonds is 2. The minimum Gasteiger partial charge on any atom is -0.507 e. The molecule has 1 aliphatic rings. The van der Waals surface area contributed by atoms with Crippen LogP contribution in [0.5, 0.6) is 5.75 Å². The van der Waals surface area contributed by atoms with Crippen LogP contribution in [0.4, 0.5) is 10.5 Å². The number of carbonyl (C=O) groups is 2. The lowest BCUT2D eigenvalue weighted by molar-refractivity contribution is -0.113. The van der Waals surface area contributed by atoms with Crippen molar-refractivity contribution in [1.82, 2.24) is 0 Å². The third kappa shape index (κ3) is 4.42. The Morgan fingerprint density at radius 3 is 2.03 bits per heavy atom. The van der Waals surface area contributed by atoms with Crippen molar-refractivity contribution in [2.24, 2.45) is 0 Å². The Bertz CT molecular complexity index is 1030. The first kappa shape index (κ1) is 22.4. The summed E-state index contributed by atoms with van der Waals surface area (Å²) < 4.78 is 0. The Hall–Kier alpha value is -2.24. The molecule has 1 saturated heterocycles. The first-order valence-corrected chi connectivity index (χ1v) is 10.9. The zero-order valence-corrected chi connectivity index (χ0v) is 19.6. The Balaban J connectivity index is 2.09. The van der Waals surface area contributed by atoms with Crippen molar-refractivity contribution in [3.63, 3.8) is 0 Å². The Kier molecular flexibility index (Phi) is 5.82. The molecular formula is C24H26ClNO3S. The summed E-state index contributed by atoms with van der Waals surface area (Å²) in [6.45, 7) is 12.2. The number of phenols is 1. The highest BCUT2D eigenvalue weighted by molar-refractivity contribution is 8.19. The summed E-state index contributed by atoms with van der Waals surface area (Å²) in [6.07, 6.45) is 1.72. The molecule has 158 valence electrons. The van der Waals surface area contributed by atoms with Crippen molar-refractivity contribution < 1.29 is 14.7 Å². The smallest absolute Gasteiger partial charge is 0.298 e. The number of imide groups is 1. The number of thioether (sulfide) groups is 1. The largest absolute Gasteiger partial charge is 0.507 e. The van der Waals surface area contributed by atoms with Gasteiger partial charge in [0.05, 0.1) is 10.6 Å². The standard InChI is InChI=1S/C24H26ClNO3S/c1-23(2,3)17-10-14(11-18(20(17)27)24(4,5)6)12-19-21(28)26(22(29)30-19)16-9-7-8-15(25)13-16/h7-13,27H,1-6H3/b19-12+. The molecule has 6 heteroatoms. The number of hydrogen-bond donors (Lipinski definition) is 1. The molecule has 1 fully saturated rings. The van der Waals surface area contributed by atoms with Crippen molar-refractivity contribution in [3.8, 4) is 5.75 Å². The molecule has 1 N–H and O–H groups in total. The molecule has 0 aromatic heterocycles. The van der Waals surface area contributed by atoms with Crippen molar-refractivity contribution in [2.75, 3.05) is 4.90 Å². The van der Waals surface area contributed by atoms with Crippen LogP contribution < -0.4 is 4.90 Å². The molecule has 30 heavy (non-hydrogen) atoms. The van der Waals surface area contributed by atoms with Crippen LogP contribution in [-0.2, 0) is 15.6 Å². The van der Waals surface area contributed by atoms with Gasteiger partial charge in [-0.25, -0.2) is 4.90 Å². The van der Waals surface area contributed by atoms with E-state index >= 15 is 0 Å². The Labute approximate surface area is 186 Å². The predicted molar refractivity (Wildman–Crippen MR) is 125 cm³/mol. The van der Waals surface area contributed by atoms with Gasteiger partial charge in [0.25, 0.3) is 11.1 Å². The number of benzene rings is 2. The van der Waals surface area contributed by atoms with Crippen LogP contribution in [0.2, 0.25) is 5.02 Å². The molecule has 2 amide bonds. The van der Waals surface area contributed by atoms with E-state index in [-0.39, 0.29) is 27.7 Å². The highest BCUT2D eigenvalue weighted by atomic mass is 35.5. The molecule has 0 atom stereocenters. The average molecular weight is 444 g/mol. The van der Waals surface area contributed by atoms with Crippen LogP contribution in [0.25, 0.3) is 6.08 Å². The van der Waals surface area contributed by atoms with Crippen molar-refractivity contribution >= 4 is 46.3 Å². The van der Waals surface area contributed by atoms with E-state index in [1.807, 2.05) is 53.7 Å². The van der Waals surface area contributed by atoms with E-state index < -0.39 is 0 Å². The number of carbonyl (C=O) groups excluding carboxylic acids is 2. The van der Waals surface area contributed by atoms with E-state index in [4.69, 9.17) is 11.6 Å². The molecule has 1 heterocycles. The lowest BCUT2D eigenvalue weighted by atomic mass is 9.78. The first-order chi connectivity index (χ1) is 13.8. The van der Waals surface area contributed by atoms with Crippen LogP contribution in [0, 0.1) is 0 Å². The molecule has 3 rings (SSSR count). The molecule has 0 bridgehead atoms. The monoisotopic (exact) mass is 443 g/mol. The second-order valence-corrected chi connectivity index (χ2v) is 10.9. The third-order valence-electron chi connectivity index (χ3n) is 4.91. The van der Waals surface area contributed by atoms with Gasteiger partial charge in [-0.05, 0) is 64.6 Å². The minimum absolute atomic E-state index is 0.277. The fourth-order valence-corrected chi connectivity index (χ4v) is 4.37. The molecule has 0 unspecified atom stereocenters. The fourth-order valence-electron chi connectivity index (χ4n) is 3.34. The van der Waals surface area contributed by atoms with Gasteiger partial charge in [0.1, 0.15) is 5.75 Å². The second-order valence-electron chi connectivity index (χ2n) is 9.46. The van der Waals surface area contributed by atoms with Crippen LogP contribution in [0.1, 0.15) is 58.2 Å². The van der Waals surface area contributed by atoms with Crippen molar-refractivity contribution in [3.05, 3.63) is 63.0 Å². The summed E-state index contributed by atoms with van der Waals surface area (Å²) in [5.74, 6) is -0.103. The maximum atomic E-state index is 13.0. The average Bonchev–Trinajstić information content (AvgIpc) is 2.87. The van der Waals surface area contributed by atoms with Crippen LogP contribution in [0.3, 0.4) is 0 Å². The van der Waals surface area contributed by atoms with Gasteiger partial charge < -0.3 is 5.11 Å². The number of halogens is 1. The molecule has 4 nitrogen and oxygen atoms in total. The summed E-state index contributed by atoms with van der Waals surface area (Å²) in [5, 5.41) is 11.0. The summed E-state index contributed by atoms with van der Waals surface area (Å²) >= 11 is 6.93. The molecule has 1 aliphatic heterocycles. The highest BCUT2D eigenvalue weighted by Crippen LogP contribution is 2.42. The van der Waals surface area contributed by atoms with E-state index in [2.05, 4.69) is 0 Å². The molecule has 2 aromatic carbocycles. The van der Waals surface area contributed by atoms with Gasteiger partial charge in [-0.1, -0.05) is 59.2 Å².